The number of methoxy groups -OCH3 is 1. The number of hydrogen-bond donors (Lipinski definition) is 2. The van der Waals surface area contributed by atoms with Crippen LogP contribution < -0.4 is 14.8 Å². The lowest BCUT2D eigenvalue weighted by Crippen LogP contribution is -2.45. The lowest BCUT2D eigenvalue weighted by molar-refractivity contribution is -0.385. The van der Waals surface area contributed by atoms with Crippen LogP contribution in [0.3, 0.4) is 0 Å². The van der Waals surface area contributed by atoms with Crippen LogP contribution in [0.4, 0.5) is 11.4 Å². The average Bonchev–Trinajstić information content (AvgIpc) is 2.80. The maximum absolute atomic E-state index is 13.2. The van der Waals surface area contributed by atoms with E-state index in [2.05, 4.69) is 10.0 Å². The van der Waals surface area contributed by atoms with Gasteiger partial charge < -0.3 is 10.1 Å². The SMILES string of the molecule is COc1ccc(Cl)cc1S(=O)(=O)NC(Cc1ccccc1)C(=O)Nc1cccc([N+](=O)[O-])c1C. The fourth-order valence-corrected chi connectivity index (χ4v) is 4.95. The van der Waals surface area contributed by atoms with Crippen LogP contribution in [0.15, 0.2) is 71.6 Å². The summed E-state index contributed by atoms with van der Waals surface area (Å²) in [5.74, 6) is -0.623. The van der Waals surface area contributed by atoms with Crippen LogP contribution in [-0.4, -0.2) is 32.4 Å². The molecule has 0 heterocycles. The number of nitrogens with zero attached hydrogens (tertiary/aromatic N) is 1. The molecule has 0 aliphatic heterocycles. The predicted molar refractivity (Wildman–Crippen MR) is 129 cm³/mol. The Morgan fingerprint density at radius 1 is 1.12 bits per heavy atom. The minimum atomic E-state index is -4.24. The molecule has 0 saturated carbocycles. The summed E-state index contributed by atoms with van der Waals surface area (Å²) in [7, 11) is -2.92. The van der Waals surface area contributed by atoms with Crippen molar-refractivity contribution in [2.75, 3.05) is 12.4 Å². The Balaban J connectivity index is 1.96. The van der Waals surface area contributed by atoms with Gasteiger partial charge in [0.05, 0.1) is 23.3 Å². The van der Waals surface area contributed by atoms with Gasteiger partial charge in [0, 0.05) is 11.1 Å². The number of sulfonamides is 1. The summed E-state index contributed by atoms with van der Waals surface area (Å²) >= 11 is 5.99. The van der Waals surface area contributed by atoms with Gasteiger partial charge in [0.2, 0.25) is 15.9 Å². The molecule has 9 nitrogen and oxygen atoms in total. The first kappa shape index (κ1) is 25.2. The van der Waals surface area contributed by atoms with Gasteiger partial charge in [0.1, 0.15) is 16.7 Å². The molecular formula is C23H22ClN3O6S. The standard InChI is InChI=1S/C23H22ClN3O6S/c1-15-18(9-6-10-20(15)27(29)30)25-23(28)19(13-16-7-4-3-5-8-16)26-34(31,32)22-14-17(24)11-12-21(22)33-2/h3-12,14,19,26H,13H2,1-2H3,(H,25,28). The molecular weight excluding hydrogens is 482 g/mol. The number of carbonyl (C=O) groups is 1. The smallest absolute Gasteiger partial charge is 0.274 e. The molecule has 1 unspecified atom stereocenters. The zero-order chi connectivity index (χ0) is 24.9. The van der Waals surface area contributed by atoms with Crippen LogP contribution in [0, 0.1) is 17.0 Å². The molecule has 0 aromatic heterocycles. The van der Waals surface area contributed by atoms with Gasteiger partial charge in [-0.25, -0.2) is 8.42 Å². The molecule has 0 spiro atoms. The molecule has 0 aliphatic rings. The summed E-state index contributed by atoms with van der Waals surface area (Å²) < 4.78 is 34.0. The summed E-state index contributed by atoms with van der Waals surface area (Å²) in [6.07, 6.45) is 0.0305. The molecule has 1 amide bonds. The number of ether oxygens (including phenoxy) is 1. The summed E-state index contributed by atoms with van der Waals surface area (Å²) in [5, 5.41) is 14.0. The van der Waals surface area contributed by atoms with Gasteiger partial charge in [-0.05, 0) is 43.2 Å². The molecule has 3 aromatic rings. The normalized spacial score (nSPS) is 12.1. The number of hydrogen-bond acceptors (Lipinski definition) is 6. The van der Waals surface area contributed by atoms with E-state index in [0.29, 0.717) is 5.56 Å². The third kappa shape index (κ3) is 5.90. The number of nitrogens with one attached hydrogen (secondary N) is 2. The van der Waals surface area contributed by atoms with Crippen molar-refractivity contribution >= 4 is 38.9 Å². The maximum atomic E-state index is 13.2. The highest BCUT2D eigenvalue weighted by atomic mass is 35.5. The fourth-order valence-electron chi connectivity index (χ4n) is 3.33. The van der Waals surface area contributed by atoms with E-state index in [4.69, 9.17) is 16.3 Å². The number of rotatable bonds is 9. The Morgan fingerprint density at radius 2 is 1.82 bits per heavy atom. The van der Waals surface area contributed by atoms with Gasteiger partial charge >= 0.3 is 0 Å². The Hall–Kier alpha value is -3.47. The molecule has 0 bridgehead atoms. The van der Waals surface area contributed by atoms with Crippen LogP contribution in [0.5, 0.6) is 5.75 Å². The third-order valence-electron chi connectivity index (χ3n) is 5.07. The number of anilines is 1. The lowest BCUT2D eigenvalue weighted by Gasteiger charge is -2.20. The predicted octanol–water partition coefficient (Wildman–Crippen LogP) is 4.09. The van der Waals surface area contributed by atoms with Gasteiger partial charge in [0.25, 0.3) is 5.69 Å². The van der Waals surface area contributed by atoms with Crippen LogP contribution >= 0.6 is 11.6 Å². The quantitative estimate of drug-likeness (QED) is 0.334. The number of halogens is 1. The second-order valence-corrected chi connectivity index (χ2v) is 9.47. The van der Waals surface area contributed by atoms with Crippen molar-refractivity contribution in [1.29, 1.82) is 0 Å². The van der Waals surface area contributed by atoms with E-state index in [1.807, 2.05) is 0 Å². The monoisotopic (exact) mass is 503 g/mol. The molecule has 3 aromatic carbocycles. The molecule has 34 heavy (non-hydrogen) atoms. The zero-order valence-electron chi connectivity index (χ0n) is 18.3. The maximum Gasteiger partial charge on any atom is 0.274 e. The Kier molecular flexibility index (Phi) is 7.87. The largest absolute Gasteiger partial charge is 0.495 e. The average molecular weight is 504 g/mol. The fraction of sp³-hybridized carbons (Fsp3) is 0.174. The molecule has 0 aliphatic carbocycles. The molecule has 1 atom stereocenters. The van der Waals surface area contributed by atoms with Crippen LogP contribution in [-0.2, 0) is 21.2 Å². The van der Waals surface area contributed by atoms with Crippen molar-refractivity contribution in [3.8, 4) is 5.75 Å². The molecule has 2 N–H and O–H groups in total. The van der Waals surface area contributed by atoms with Crippen LogP contribution in [0.25, 0.3) is 0 Å². The van der Waals surface area contributed by atoms with Gasteiger partial charge in [0.15, 0.2) is 0 Å². The first-order valence-electron chi connectivity index (χ1n) is 10.1. The number of nitro benzene ring substituents is 1. The van der Waals surface area contributed by atoms with E-state index in [1.165, 1.54) is 50.4 Å². The summed E-state index contributed by atoms with van der Waals surface area (Å²) in [4.78, 5) is 23.7. The van der Waals surface area contributed by atoms with E-state index in [1.54, 1.807) is 30.3 Å². The van der Waals surface area contributed by atoms with Crippen molar-refractivity contribution in [1.82, 2.24) is 4.72 Å². The molecule has 11 heteroatoms. The first-order chi connectivity index (χ1) is 16.1. The van der Waals surface area contributed by atoms with E-state index >= 15 is 0 Å². The minimum Gasteiger partial charge on any atom is -0.495 e. The highest BCUT2D eigenvalue weighted by Crippen LogP contribution is 2.28. The van der Waals surface area contributed by atoms with E-state index in [9.17, 15) is 23.3 Å². The second-order valence-electron chi connectivity index (χ2n) is 7.35. The van der Waals surface area contributed by atoms with Crippen LogP contribution in [0.1, 0.15) is 11.1 Å². The van der Waals surface area contributed by atoms with Gasteiger partial charge in [-0.15, -0.1) is 0 Å². The Bertz CT molecular complexity index is 1320. The van der Waals surface area contributed by atoms with E-state index in [-0.39, 0.29) is 39.0 Å². The Labute approximate surface area is 201 Å². The van der Waals surface area contributed by atoms with Crippen LogP contribution in [0.2, 0.25) is 5.02 Å². The summed E-state index contributed by atoms with van der Waals surface area (Å²) in [6.45, 7) is 1.50. The van der Waals surface area contributed by atoms with Crippen molar-refractivity contribution in [2.45, 2.75) is 24.3 Å². The second kappa shape index (κ2) is 10.6. The van der Waals surface area contributed by atoms with Gasteiger partial charge in [-0.1, -0.05) is 48.0 Å². The molecule has 0 fully saturated rings. The zero-order valence-corrected chi connectivity index (χ0v) is 19.9. The molecule has 3 rings (SSSR count). The third-order valence-corrected chi connectivity index (χ3v) is 6.80. The Morgan fingerprint density at radius 3 is 2.47 bits per heavy atom. The van der Waals surface area contributed by atoms with Crippen molar-refractivity contribution in [3.05, 3.63) is 93.0 Å². The lowest BCUT2D eigenvalue weighted by atomic mass is 10.1. The molecule has 178 valence electrons. The molecule has 0 saturated heterocycles. The van der Waals surface area contributed by atoms with E-state index in [0.717, 1.165) is 0 Å². The minimum absolute atomic E-state index is 0.0305. The molecule has 0 radical (unpaired) electrons. The highest BCUT2D eigenvalue weighted by Gasteiger charge is 2.29. The number of benzene rings is 3. The summed E-state index contributed by atoms with van der Waals surface area (Å²) in [5.41, 5.74) is 0.997. The van der Waals surface area contributed by atoms with E-state index < -0.39 is 26.9 Å². The van der Waals surface area contributed by atoms with Gasteiger partial charge in [-0.3, -0.25) is 14.9 Å². The highest BCUT2D eigenvalue weighted by molar-refractivity contribution is 7.89. The topological polar surface area (TPSA) is 128 Å². The first-order valence-corrected chi connectivity index (χ1v) is 11.9. The number of amides is 1. The summed E-state index contributed by atoms with van der Waals surface area (Å²) in [6, 6.07) is 16.0. The van der Waals surface area contributed by atoms with Crippen molar-refractivity contribution in [3.63, 3.8) is 0 Å². The van der Waals surface area contributed by atoms with Crippen molar-refractivity contribution in [2.24, 2.45) is 0 Å². The number of carbonyl (C=O) groups excluding carboxylic acids is 1. The van der Waals surface area contributed by atoms with Gasteiger partial charge in [-0.2, -0.15) is 4.72 Å². The van der Waals surface area contributed by atoms with Crippen molar-refractivity contribution < 1.29 is 22.9 Å². The number of nitro groups is 1.